The van der Waals surface area contributed by atoms with Crippen LogP contribution in [0.3, 0.4) is 0 Å². The van der Waals surface area contributed by atoms with E-state index in [0.29, 0.717) is 11.6 Å². The zero-order chi connectivity index (χ0) is 55.8. The van der Waals surface area contributed by atoms with Crippen molar-refractivity contribution >= 4 is 35.3 Å². The van der Waals surface area contributed by atoms with Crippen LogP contribution in [0.1, 0.15) is 77.8 Å². The van der Waals surface area contributed by atoms with Crippen LogP contribution in [-0.2, 0) is 59.6 Å². The quantitative estimate of drug-likeness (QED) is 0.0747. The van der Waals surface area contributed by atoms with Crippen molar-refractivity contribution in [2.45, 2.75) is 95.9 Å². The Morgan fingerprint density at radius 2 is 0.987 bits per heavy atom. The third kappa shape index (κ3) is 12.9. The summed E-state index contributed by atoms with van der Waals surface area (Å²) >= 11 is 0. The molecule has 0 aliphatic carbocycles. The molecule has 3 aliphatic heterocycles. The molecule has 10 rings (SSSR count). The molecule has 20 heteroatoms. The Morgan fingerprint density at radius 3 is 1.37 bits per heavy atom. The Balaban J connectivity index is 0.000000223. The van der Waals surface area contributed by atoms with Crippen LogP contribution in [0.2, 0.25) is 0 Å². The number of pyridine rings is 1. The van der Waals surface area contributed by atoms with Crippen LogP contribution in [0, 0.1) is 11.6 Å². The summed E-state index contributed by atoms with van der Waals surface area (Å²) in [5, 5.41) is 42.1. The molecule has 416 valence electrons. The van der Waals surface area contributed by atoms with Crippen molar-refractivity contribution in [1.82, 2.24) is 25.2 Å². The molecule has 0 spiro atoms. The number of hydrogen-bond acceptors (Lipinski definition) is 13. The Labute approximate surface area is 474 Å². The van der Waals surface area contributed by atoms with E-state index in [4.69, 9.17) is 9.31 Å². The smallest absolute Gasteiger partial charge is 0.399 e. The number of benzene rings is 5. The molecule has 79 heavy (non-hydrogen) atoms. The van der Waals surface area contributed by atoms with Crippen molar-refractivity contribution in [3.63, 3.8) is 0 Å². The standard InChI is InChI=1S/C34H33F4N7O2.C25H35BN2O3.W/c1-32(2,46)25-6-11-28(12-7-25)44-17-15-43(16-18-44)27-9-3-23(4-10-27)24-5-14-31(39-20-24)34(37,38)33(47,21-45-22-40-41-42-45)29-13-8-26(35)19-30(29)36;1-23(2,29)19-7-11-21(12-8-19)27-15-17-28(18-16-27)22-13-9-20(10-14-22)26-30-24(3,4)25(5,6)31-26;/h3-14,19-20,22,46-47H,15-18,21H2,1-2H3;7-14,29H,15-18H2,1-6H3;/t33-;;/m0../s1. The van der Waals surface area contributed by atoms with Crippen molar-refractivity contribution in [3.8, 4) is 11.1 Å². The third-order valence-corrected chi connectivity index (χ3v) is 15.6. The van der Waals surface area contributed by atoms with Gasteiger partial charge in [-0.25, -0.2) is 13.5 Å². The summed E-state index contributed by atoms with van der Waals surface area (Å²) in [6.07, 6.45) is 2.26. The first-order chi connectivity index (χ1) is 36.8. The molecule has 0 radical (unpaired) electrons. The van der Waals surface area contributed by atoms with Gasteiger partial charge in [-0.15, -0.1) is 5.10 Å². The van der Waals surface area contributed by atoms with E-state index in [1.807, 2.05) is 74.5 Å². The van der Waals surface area contributed by atoms with E-state index in [9.17, 15) is 24.1 Å². The number of tetrazole rings is 1. The number of halogens is 4. The van der Waals surface area contributed by atoms with E-state index in [2.05, 4.69) is 104 Å². The van der Waals surface area contributed by atoms with Gasteiger partial charge < -0.3 is 44.2 Å². The van der Waals surface area contributed by atoms with Gasteiger partial charge in [0.25, 0.3) is 0 Å². The van der Waals surface area contributed by atoms with Gasteiger partial charge in [0, 0.05) is 120 Å². The Bertz CT molecular complexity index is 3100. The summed E-state index contributed by atoms with van der Waals surface area (Å²) in [6, 6.07) is 37.0. The summed E-state index contributed by atoms with van der Waals surface area (Å²) in [6.45, 7) is 21.7. The first-order valence-electron chi connectivity index (χ1n) is 26.3. The number of piperazine rings is 2. The summed E-state index contributed by atoms with van der Waals surface area (Å²) in [5.41, 5.74) is 1.56. The summed E-state index contributed by atoms with van der Waals surface area (Å²) in [4.78, 5) is 13.4. The molecule has 0 bridgehead atoms. The fourth-order valence-corrected chi connectivity index (χ4v) is 9.92. The molecule has 3 fully saturated rings. The number of anilines is 4. The number of rotatable bonds is 13. The van der Waals surface area contributed by atoms with E-state index in [0.717, 1.165) is 115 Å². The molecule has 5 aromatic carbocycles. The minimum absolute atomic E-state index is 0. The number of aromatic nitrogens is 5. The fraction of sp³-hybridized carbons (Fsp3) is 0.390. The van der Waals surface area contributed by atoms with Gasteiger partial charge in [-0.3, -0.25) is 4.98 Å². The van der Waals surface area contributed by atoms with E-state index in [-0.39, 0.29) is 39.4 Å². The Morgan fingerprint density at radius 1 is 0.570 bits per heavy atom. The fourth-order valence-electron chi connectivity index (χ4n) is 9.92. The number of aliphatic hydroxyl groups is 3. The van der Waals surface area contributed by atoms with Crippen LogP contribution in [0.25, 0.3) is 11.1 Å². The maximum atomic E-state index is 16.1. The van der Waals surface area contributed by atoms with E-state index in [1.165, 1.54) is 23.6 Å². The molecule has 0 amide bonds. The predicted molar refractivity (Wildman–Crippen MR) is 296 cm³/mol. The zero-order valence-corrected chi connectivity index (χ0v) is 48.8. The molecule has 7 aromatic rings. The molecule has 5 heterocycles. The molecule has 3 aliphatic rings. The van der Waals surface area contributed by atoms with Crippen LogP contribution in [-0.4, -0.2) is 111 Å². The molecular weight excluding hydrogens is 1190 g/mol. The van der Waals surface area contributed by atoms with Gasteiger partial charge in [0.2, 0.25) is 0 Å². The van der Waals surface area contributed by atoms with E-state index >= 15 is 8.78 Å². The molecule has 14 nitrogen and oxygen atoms in total. The van der Waals surface area contributed by atoms with Crippen molar-refractivity contribution in [2.24, 2.45) is 0 Å². The maximum absolute atomic E-state index is 16.1. The molecule has 3 N–H and O–H groups in total. The topological polar surface area (TPSA) is 149 Å². The number of alkyl halides is 2. The van der Waals surface area contributed by atoms with Crippen LogP contribution < -0.4 is 25.1 Å². The molecule has 0 unspecified atom stereocenters. The minimum Gasteiger partial charge on any atom is -0.399 e. The van der Waals surface area contributed by atoms with Crippen LogP contribution in [0.5, 0.6) is 0 Å². The van der Waals surface area contributed by atoms with Gasteiger partial charge in [-0.2, -0.15) is 8.78 Å². The van der Waals surface area contributed by atoms with Crippen molar-refractivity contribution in [1.29, 1.82) is 0 Å². The number of hydrogen-bond donors (Lipinski definition) is 3. The third-order valence-electron chi connectivity index (χ3n) is 15.6. The van der Waals surface area contributed by atoms with Crippen molar-refractivity contribution < 1.29 is 63.3 Å². The molecule has 2 aromatic heterocycles. The molecular formula is C59H68BF4N9O5W. The minimum atomic E-state index is -4.14. The average molecular weight is 1250 g/mol. The maximum Gasteiger partial charge on any atom is 0.494 e. The Kier molecular flexibility index (Phi) is 17.2. The summed E-state index contributed by atoms with van der Waals surface area (Å²) in [5.74, 6) is -6.47. The largest absolute Gasteiger partial charge is 0.494 e. The van der Waals surface area contributed by atoms with Gasteiger partial charge in [-0.1, -0.05) is 54.6 Å². The van der Waals surface area contributed by atoms with Gasteiger partial charge in [-0.05, 0) is 155 Å². The van der Waals surface area contributed by atoms with Gasteiger partial charge in [0.1, 0.15) is 23.7 Å². The van der Waals surface area contributed by atoms with Crippen LogP contribution in [0.15, 0.2) is 140 Å². The number of nitrogens with zero attached hydrogens (tertiary/aromatic N) is 9. The Hall–Kier alpha value is -6.21. The van der Waals surface area contributed by atoms with Crippen molar-refractivity contribution in [3.05, 3.63) is 174 Å². The molecule has 0 saturated carbocycles. The molecule has 1 atom stereocenters. The predicted octanol–water partition coefficient (Wildman–Crippen LogP) is 8.78. The second-order valence-electron chi connectivity index (χ2n) is 22.4. The van der Waals surface area contributed by atoms with Crippen molar-refractivity contribution in [2.75, 3.05) is 72.0 Å². The monoisotopic (exact) mass is 1250 g/mol. The summed E-state index contributed by atoms with van der Waals surface area (Å²) in [7, 11) is -0.317. The first kappa shape index (κ1) is 58.9. The van der Waals surface area contributed by atoms with E-state index in [1.54, 1.807) is 13.8 Å². The van der Waals surface area contributed by atoms with Crippen LogP contribution >= 0.6 is 0 Å². The zero-order valence-electron chi connectivity index (χ0n) is 45.8. The SMILES string of the molecule is CC(C)(O)c1ccc(N2CCN(c3ccc(-c4ccc(C(F)(F)[C@](O)(Cn5cnnn5)c5ccc(F)cc5F)nc4)cc3)CC2)cc1.CC(C)(O)c1ccc(N2CCN(c3ccc(B4OC(C)(C)C(C)(C)O4)cc3)CC2)cc1.[W]. The van der Waals surface area contributed by atoms with E-state index < -0.39 is 52.2 Å². The average Bonchev–Trinajstić information content (AvgIpc) is 4.04. The first-order valence-corrected chi connectivity index (χ1v) is 26.3. The van der Waals surface area contributed by atoms with Gasteiger partial charge in [0.05, 0.1) is 28.9 Å². The van der Waals surface area contributed by atoms with Crippen LogP contribution in [0.4, 0.5) is 40.3 Å². The summed E-state index contributed by atoms with van der Waals surface area (Å²) < 4.78 is 73.8. The normalized spacial score (nSPS) is 17.4. The van der Waals surface area contributed by atoms with Gasteiger partial charge >= 0.3 is 13.0 Å². The second-order valence-corrected chi connectivity index (χ2v) is 22.4. The van der Waals surface area contributed by atoms with Gasteiger partial charge in [0.15, 0.2) is 5.60 Å². The second kappa shape index (κ2) is 23.1. The molecule has 3 saturated heterocycles.